The highest BCUT2D eigenvalue weighted by Gasteiger charge is 2.31. The summed E-state index contributed by atoms with van der Waals surface area (Å²) in [6, 6.07) is 2.18. The predicted octanol–water partition coefficient (Wildman–Crippen LogP) is 1.68. The van der Waals surface area contributed by atoms with Gasteiger partial charge in [0.05, 0.1) is 28.9 Å². The van der Waals surface area contributed by atoms with Crippen LogP contribution in [-0.4, -0.2) is 98.0 Å². The molecule has 248 valence electrons. The Balaban J connectivity index is 1.57. The Hall–Kier alpha value is -4.08. The van der Waals surface area contributed by atoms with Crippen molar-refractivity contribution in [1.29, 1.82) is 0 Å². The monoisotopic (exact) mass is 674 g/mol. The van der Waals surface area contributed by atoms with Gasteiger partial charge >= 0.3 is 0 Å². The van der Waals surface area contributed by atoms with Gasteiger partial charge in [-0.15, -0.1) is 16.4 Å². The van der Waals surface area contributed by atoms with Crippen molar-refractivity contribution in [3.8, 4) is 5.75 Å². The molecule has 46 heavy (non-hydrogen) atoms. The fourth-order valence-electron chi connectivity index (χ4n) is 4.81. The van der Waals surface area contributed by atoms with Gasteiger partial charge in [-0.05, 0) is 37.5 Å². The van der Waals surface area contributed by atoms with Crippen LogP contribution in [0.1, 0.15) is 60.2 Å². The minimum absolute atomic E-state index is 0.0292. The van der Waals surface area contributed by atoms with Crippen LogP contribution in [0.4, 0.5) is 0 Å². The quantitative estimate of drug-likeness (QED) is 0.300. The molecule has 3 atom stereocenters. The third kappa shape index (κ3) is 9.71. The van der Waals surface area contributed by atoms with Crippen LogP contribution in [0.25, 0.3) is 0 Å². The second kappa shape index (κ2) is 16.5. The predicted molar refractivity (Wildman–Crippen MR) is 171 cm³/mol. The number of aromatic nitrogens is 4. The number of aryl methyl sites for hydroxylation is 1. The Morgan fingerprint density at radius 2 is 1.96 bits per heavy atom. The molecule has 5 rings (SSSR count). The Morgan fingerprint density at radius 3 is 2.65 bits per heavy atom. The van der Waals surface area contributed by atoms with Crippen molar-refractivity contribution in [3.63, 3.8) is 0 Å². The maximum Gasteiger partial charge on any atom is 0.273 e. The van der Waals surface area contributed by atoms with Gasteiger partial charge in [-0.2, -0.15) is 0 Å². The topological polar surface area (TPSA) is 181 Å². The van der Waals surface area contributed by atoms with Gasteiger partial charge in [-0.1, -0.05) is 30.7 Å². The zero-order valence-electron chi connectivity index (χ0n) is 25.9. The number of carbonyl (C=O) groups is 4. The molecule has 4 N–H and O–H groups in total. The molecule has 0 saturated carbocycles. The molecule has 2 aliphatic rings. The van der Waals surface area contributed by atoms with Crippen molar-refractivity contribution in [1.82, 2.24) is 40.8 Å². The van der Waals surface area contributed by atoms with E-state index in [1.54, 1.807) is 26.5 Å². The minimum atomic E-state index is -1.35. The van der Waals surface area contributed by atoms with Crippen LogP contribution in [0.5, 0.6) is 5.75 Å². The number of ether oxygens (including phenoxy) is 1. The number of rotatable bonds is 4. The molecule has 0 aliphatic carbocycles. The largest absolute Gasteiger partial charge is 0.492 e. The summed E-state index contributed by atoms with van der Waals surface area (Å²) >= 11 is 7.70. The van der Waals surface area contributed by atoms with E-state index in [0.717, 1.165) is 0 Å². The second-order valence-electron chi connectivity index (χ2n) is 11.4. The minimum Gasteiger partial charge on any atom is -0.492 e. The van der Waals surface area contributed by atoms with Gasteiger partial charge in [0.25, 0.3) is 11.8 Å². The Labute approximate surface area is 275 Å². The summed E-state index contributed by atoms with van der Waals surface area (Å²) in [6.07, 6.45) is 1.87. The highest BCUT2D eigenvalue weighted by molar-refractivity contribution is 7.07. The zero-order valence-corrected chi connectivity index (χ0v) is 27.5. The van der Waals surface area contributed by atoms with Gasteiger partial charge in [0, 0.05) is 56.2 Å². The van der Waals surface area contributed by atoms with E-state index in [0.29, 0.717) is 56.1 Å². The summed E-state index contributed by atoms with van der Waals surface area (Å²) < 4.78 is 7.50. The lowest BCUT2D eigenvalue weighted by Gasteiger charge is -2.26. The fourth-order valence-corrected chi connectivity index (χ4v) is 5.57. The molecular formula is C30H39ClN8O6S. The maximum atomic E-state index is 13.3. The highest BCUT2D eigenvalue weighted by Crippen LogP contribution is 2.26. The van der Waals surface area contributed by atoms with E-state index in [1.165, 1.54) is 30.4 Å². The highest BCUT2D eigenvalue weighted by atomic mass is 35.5. The van der Waals surface area contributed by atoms with Gasteiger partial charge in [0.1, 0.15) is 23.5 Å². The number of benzene rings is 1. The first kappa shape index (κ1) is 34.8. The van der Waals surface area contributed by atoms with Gasteiger partial charge in [-0.3, -0.25) is 23.9 Å². The van der Waals surface area contributed by atoms with E-state index in [4.69, 9.17) is 16.3 Å². The Kier molecular flexibility index (Phi) is 12.5. The van der Waals surface area contributed by atoms with Gasteiger partial charge < -0.3 is 30.7 Å². The molecule has 2 aliphatic heterocycles. The first-order valence-corrected chi connectivity index (χ1v) is 16.4. The molecular weight excluding hydrogens is 636 g/mol. The van der Waals surface area contributed by atoms with Crippen molar-refractivity contribution in [3.05, 3.63) is 57.3 Å². The molecule has 4 bridgehead atoms. The summed E-state index contributed by atoms with van der Waals surface area (Å²) in [7, 11) is 0. The number of aliphatic hydroxyl groups excluding tert-OH is 1. The lowest BCUT2D eigenvalue weighted by molar-refractivity contribution is -0.131. The molecule has 0 fully saturated rings. The van der Waals surface area contributed by atoms with Crippen LogP contribution in [0.2, 0.25) is 5.02 Å². The van der Waals surface area contributed by atoms with Crippen LogP contribution in [0, 0.1) is 5.92 Å². The zero-order chi connectivity index (χ0) is 33.2. The number of carbonyl (C=O) groups excluding carboxylic acids is 4. The molecule has 14 nitrogen and oxygen atoms in total. The number of nitrogens with one attached hydrogen (secondary N) is 3. The molecule has 0 radical (unpaired) electrons. The van der Waals surface area contributed by atoms with E-state index in [9.17, 15) is 24.3 Å². The molecule has 4 amide bonds. The third-order valence-corrected chi connectivity index (χ3v) is 8.10. The Bertz CT molecular complexity index is 1500. The van der Waals surface area contributed by atoms with Crippen molar-refractivity contribution in [2.24, 2.45) is 5.92 Å². The summed E-state index contributed by atoms with van der Waals surface area (Å²) in [6.45, 7) is 6.63. The SMILES string of the molecule is CC(C)C[C@H]1NC(=O)[C@H]([C@@H](C)O)NC(=O)c2ccc(c(Cl)c2)OCCCn2cc(nn2)CCN(C(=O)c2cscn2)CCNC1=O. The normalized spacial score (nSPS) is 19.9. The number of nitrogens with zero attached hydrogens (tertiary/aromatic N) is 5. The standard InChI is InChI=1S/C30H39ClN8O6S/c1-18(2)13-23-28(42)32-8-11-38(30(44)24-16-46-17-33-24)10-7-21-15-39(37-36-21)9-4-12-45-25-6-5-20(14-22(25)31)27(41)35-26(19(3)40)29(43)34-23/h5-6,14-19,23,26,40H,4,7-13H2,1-3H3,(H,32,42)(H,34,43)(H,35,41)/t19-,23-,26+/m1/s1. The van der Waals surface area contributed by atoms with E-state index in [-0.39, 0.29) is 35.5 Å². The van der Waals surface area contributed by atoms with Crippen LogP contribution in [0.15, 0.2) is 35.3 Å². The average molecular weight is 675 g/mol. The van der Waals surface area contributed by atoms with Crippen molar-refractivity contribution in [2.45, 2.75) is 64.8 Å². The van der Waals surface area contributed by atoms with Crippen LogP contribution in [-0.2, 0) is 22.6 Å². The Morgan fingerprint density at radius 1 is 1.15 bits per heavy atom. The molecule has 3 aromatic rings. The summed E-state index contributed by atoms with van der Waals surface area (Å²) in [5.41, 5.74) is 2.74. The van der Waals surface area contributed by atoms with Gasteiger partial charge in [0.2, 0.25) is 11.8 Å². The summed E-state index contributed by atoms with van der Waals surface area (Å²) in [5.74, 6) is -1.70. The van der Waals surface area contributed by atoms with E-state index in [2.05, 4.69) is 31.2 Å². The number of aliphatic hydroxyl groups is 1. The first-order valence-electron chi connectivity index (χ1n) is 15.1. The number of hydrogen-bond donors (Lipinski definition) is 4. The van der Waals surface area contributed by atoms with Crippen molar-refractivity contribution in [2.75, 3.05) is 26.2 Å². The molecule has 0 unspecified atom stereocenters. The lowest BCUT2D eigenvalue weighted by atomic mass is 10.0. The van der Waals surface area contributed by atoms with Gasteiger partial charge in [0.15, 0.2) is 0 Å². The first-order chi connectivity index (χ1) is 22.0. The average Bonchev–Trinajstić information content (AvgIpc) is 3.71. The molecule has 0 saturated heterocycles. The van der Waals surface area contributed by atoms with Crippen LogP contribution in [0.3, 0.4) is 0 Å². The third-order valence-electron chi connectivity index (χ3n) is 7.22. The van der Waals surface area contributed by atoms with E-state index < -0.39 is 35.9 Å². The van der Waals surface area contributed by atoms with Crippen LogP contribution >= 0.6 is 22.9 Å². The molecule has 4 heterocycles. The van der Waals surface area contributed by atoms with E-state index >= 15 is 0 Å². The fraction of sp³-hybridized carbons (Fsp3) is 0.500. The molecule has 16 heteroatoms. The summed E-state index contributed by atoms with van der Waals surface area (Å²) in [4.78, 5) is 58.6. The summed E-state index contributed by atoms with van der Waals surface area (Å²) in [5, 5.41) is 28.7. The number of hydrogen-bond acceptors (Lipinski definition) is 10. The van der Waals surface area contributed by atoms with Crippen molar-refractivity contribution >= 4 is 46.6 Å². The molecule has 1 aromatic carbocycles. The smallest absolute Gasteiger partial charge is 0.273 e. The number of halogens is 1. The number of fused-ring (bicyclic) bond motifs is 17. The van der Waals surface area contributed by atoms with Crippen molar-refractivity contribution < 1.29 is 29.0 Å². The number of thiazole rings is 1. The maximum absolute atomic E-state index is 13.3. The second-order valence-corrected chi connectivity index (χ2v) is 12.5. The van der Waals surface area contributed by atoms with E-state index in [1.807, 2.05) is 20.0 Å². The lowest BCUT2D eigenvalue weighted by Crippen LogP contribution is -2.57. The molecule has 0 spiro atoms. The number of amides is 4. The van der Waals surface area contributed by atoms with Gasteiger partial charge in [-0.25, -0.2) is 4.98 Å². The van der Waals surface area contributed by atoms with Crippen LogP contribution < -0.4 is 20.7 Å². The molecule has 2 aromatic heterocycles.